The summed E-state index contributed by atoms with van der Waals surface area (Å²) in [4.78, 5) is 4.85. The molecule has 0 aromatic heterocycles. The smallest absolute Gasteiger partial charge is 0.172 e. The Balaban J connectivity index is 1.53. The van der Waals surface area contributed by atoms with E-state index in [-0.39, 0.29) is 12.6 Å². The van der Waals surface area contributed by atoms with Crippen LogP contribution in [0.5, 0.6) is 0 Å². The van der Waals surface area contributed by atoms with Crippen molar-refractivity contribution in [1.29, 1.82) is 0 Å². The second kappa shape index (κ2) is 6.67. The average molecular weight is 341 g/mol. The van der Waals surface area contributed by atoms with Gasteiger partial charge in [-0.2, -0.15) is 0 Å². The SMILES string of the molecule is Cc1cccc(CCC2N=C(CO)C3=C2CC2(CC3)OCCO2)c1C. The zero-order chi connectivity index (χ0) is 17.4. The molecule has 134 valence electrons. The molecule has 25 heavy (non-hydrogen) atoms. The number of aliphatic hydroxyl groups is 1. The fourth-order valence-electron chi connectivity index (χ4n) is 4.45. The lowest BCUT2D eigenvalue weighted by Crippen LogP contribution is -2.35. The van der Waals surface area contributed by atoms with E-state index in [0.717, 1.165) is 37.8 Å². The third-order valence-corrected chi connectivity index (χ3v) is 6.03. The summed E-state index contributed by atoms with van der Waals surface area (Å²) in [7, 11) is 0. The summed E-state index contributed by atoms with van der Waals surface area (Å²) in [5.41, 5.74) is 7.60. The molecular weight excluding hydrogens is 314 g/mol. The standard InChI is InChI=1S/C21H27NO3/c1-14-4-3-5-16(15(14)2)6-7-19-18-12-21(24-10-11-25-21)9-8-17(18)20(13-23)22-19/h3-5,19,23H,6-13H2,1-2H3. The molecule has 1 fully saturated rings. The predicted octanol–water partition coefficient (Wildman–Crippen LogP) is 3.28. The second-order valence-electron chi connectivity index (χ2n) is 7.44. The molecule has 1 aliphatic carbocycles. The molecule has 0 radical (unpaired) electrons. The van der Waals surface area contributed by atoms with Crippen LogP contribution in [0, 0.1) is 13.8 Å². The monoisotopic (exact) mass is 341 g/mol. The van der Waals surface area contributed by atoms with Gasteiger partial charge in [0.1, 0.15) is 0 Å². The van der Waals surface area contributed by atoms with Gasteiger partial charge < -0.3 is 14.6 Å². The Morgan fingerprint density at radius 2 is 2.04 bits per heavy atom. The highest BCUT2D eigenvalue weighted by molar-refractivity contribution is 6.04. The van der Waals surface area contributed by atoms with Crippen LogP contribution < -0.4 is 0 Å². The summed E-state index contributed by atoms with van der Waals surface area (Å²) < 4.78 is 11.9. The molecule has 0 saturated carbocycles. The minimum atomic E-state index is -0.434. The largest absolute Gasteiger partial charge is 0.390 e. The van der Waals surface area contributed by atoms with E-state index in [2.05, 4.69) is 32.0 Å². The third kappa shape index (κ3) is 3.07. The minimum absolute atomic E-state index is 0.0352. The van der Waals surface area contributed by atoms with Crippen LogP contribution in [0.3, 0.4) is 0 Å². The average Bonchev–Trinajstić information content (AvgIpc) is 3.21. The van der Waals surface area contributed by atoms with Crippen LogP contribution in [0.4, 0.5) is 0 Å². The van der Waals surface area contributed by atoms with Gasteiger partial charge in [0.2, 0.25) is 0 Å². The lowest BCUT2D eigenvalue weighted by Gasteiger charge is -2.34. The Hall–Kier alpha value is -1.49. The van der Waals surface area contributed by atoms with Gasteiger partial charge in [-0.05, 0) is 60.9 Å². The number of benzene rings is 1. The molecule has 1 spiro atoms. The van der Waals surface area contributed by atoms with Crippen LogP contribution in [-0.4, -0.2) is 42.5 Å². The van der Waals surface area contributed by atoms with Crippen molar-refractivity contribution in [3.8, 4) is 0 Å². The van der Waals surface area contributed by atoms with Gasteiger partial charge in [-0.3, -0.25) is 4.99 Å². The molecule has 1 unspecified atom stereocenters. The van der Waals surface area contributed by atoms with E-state index >= 15 is 0 Å². The second-order valence-corrected chi connectivity index (χ2v) is 7.44. The topological polar surface area (TPSA) is 51.1 Å². The first-order valence-electron chi connectivity index (χ1n) is 9.35. The highest BCUT2D eigenvalue weighted by Gasteiger charge is 2.44. The number of aliphatic hydroxyl groups excluding tert-OH is 1. The van der Waals surface area contributed by atoms with Crippen LogP contribution in [0.15, 0.2) is 34.3 Å². The van der Waals surface area contributed by atoms with Gasteiger partial charge in [0, 0.05) is 12.8 Å². The van der Waals surface area contributed by atoms with Crippen molar-refractivity contribution < 1.29 is 14.6 Å². The van der Waals surface area contributed by atoms with Gasteiger partial charge in [-0.25, -0.2) is 0 Å². The Kier molecular flexibility index (Phi) is 4.52. The maximum absolute atomic E-state index is 9.72. The van der Waals surface area contributed by atoms with Gasteiger partial charge >= 0.3 is 0 Å². The summed E-state index contributed by atoms with van der Waals surface area (Å²) in [6, 6.07) is 6.67. The number of hydrogen-bond acceptors (Lipinski definition) is 4. The van der Waals surface area contributed by atoms with E-state index in [9.17, 15) is 5.11 Å². The number of rotatable bonds is 4. The van der Waals surface area contributed by atoms with E-state index in [1.54, 1.807) is 0 Å². The summed E-state index contributed by atoms with van der Waals surface area (Å²) >= 11 is 0. The van der Waals surface area contributed by atoms with Crippen molar-refractivity contribution in [1.82, 2.24) is 0 Å². The Bertz CT molecular complexity index is 729. The van der Waals surface area contributed by atoms with Crippen molar-refractivity contribution in [2.45, 2.75) is 57.8 Å². The Morgan fingerprint density at radius 3 is 2.80 bits per heavy atom. The maximum atomic E-state index is 9.72. The van der Waals surface area contributed by atoms with E-state index < -0.39 is 5.79 Å². The molecule has 2 heterocycles. The summed E-state index contributed by atoms with van der Waals surface area (Å²) in [5, 5.41) is 9.72. The van der Waals surface area contributed by atoms with Gasteiger partial charge in [0.25, 0.3) is 0 Å². The van der Waals surface area contributed by atoms with Crippen molar-refractivity contribution in [2.24, 2.45) is 4.99 Å². The quantitative estimate of drug-likeness (QED) is 0.914. The molecule has 1 atom stereocenters. The maximum Gasteiger partial charge on any atom is 0.172 e. The third-order valence-electron chi connectivity index (χ3n) is 6.03. The fraction of sp³-hybridized carbons (Fsp3) is 0.571. The Labute approximate surface area is 149 Å². The highest BCUT2D eigenvalue weighted by Crippen LogP contribution is 2.44. The first kappa shape index (κ1) is 17.0. The molecule has 1 aromatic carbocycles. The number of nitrogens with zero attached hydrogens (tertiary/aromatic N) is 1. The molecule has 1 N–H and O–H groups in total. The normalized spacial score (nSPS) is 24.8. The molecule has 0 amide bonds. The molecule has 1 saturated heterocycles. The van der Waals surface area contributed by atoms with Crippen molar-refractivity contribution >= 4 is 5.71 Å². The van der Waals surface area contributed by atoms with E-state index in [4.69, 9.17) is 14.5 Å². The highest BCUT2D eigenvalue weighted by atomic mass is 16.7. The summed E-state index contributed by atoms with van der Waals surface area (Å²) in [5.74, 6) is -0.434. The fourth-order valence-corrected chi connectivity index (χ4v) is 4.45. The molecular formula is C21H27NO3. The van der Waals surface area contributed by atoms with E-state index in [0.29, 0.717) is 13.2 Å². The molecule has 0 bridgehead atoms. The van der Waals surface area contributed by atoms with Crippen molar-refractivity contribution in [2.75, 3.05) is 19.8 Å². The number of aliphatic imine (C=N–C) groups is 1. The van der Waals surface area contributed by atoms with Crippen molar-refractivity contribution in [3.05, 3.63) is 46.0 Å². The van der Waals surface area contributed by atoms with Crippen LogP contribution >= 0.6 is 0 Å². The molecule has 4 rings (SSSR count). The van der Waals surface area contributed by atoms with Crippen molar-refractivity contribution in [3.63, 3.8) is 0 Å². The lowest BCUT2D eigenvalue weighted by atomic mass is 9.82. The molecule has 4 heteroatoms. The molecule has 4 nitrogen and oxygen atoms in total. The molecule has 3 aliphatic rings. The zero-order valence-electron chi connectivity index (χ0n) is 15.2. The predicted molar refractivity (Wildman–Crippen MR) is 98.1 cm³/mol. The van der Waals surface area contributed by atoms with Crippen LogP contribution in [-0.2, 0) is 15.9 Å². The van der Waals surface area contributed by atoms with Crippen LogP contribution in [0.1, 0.15) is 42.4 Å². The lowest BCUT2D eigenvalue weighted by molar-refractivity contribution is -0.163. The van der Waals surface area contributed by atoms with Gasteiger partial charge in [-0.1, -0.05) is 18.2 Å². The summed E-state index contributed by atoms with van der Waals surface area (Å²) in [6.07, 6.45) is 4.55. The summed E-state index contributed by atoms with van der Waals surface area (Å²) in [6.45, 7) is 5.76. The van der Waals surface area contributed by atoms with Gasteiger partial charge in [0.05, 0.1) is 31.6 Å². The number of aryl methyl sites for hydroxylation is 2. The van der Waals surface area contributed by atoms with E-state index in [1.807, 2.05) is 0 Å². The number of ether oxygens (including phenoxy) is 2. The molecule has 2 aliphatic heterocycles. The first-order valence-corrected chi connectivity index (χ1v) is 9.35. The van der Waals surface area contributed by atoms with Crippen LogP contribution in [0.2, 0.25) is 0 Å². The van der Waals surface area contributed by atoms with E-state index in [1.165, 1.54) is 27.8 Å². The molecule has 1 aromatic rings. The zero-order valence-corrected chi connectivity index (χ0v) is 15.2. The Morgan fingerprint density at radius 1 is 1.24 bits per heavy atom. The van der Waals surface area contributed by atoms with Gasteiger partial charge in [0.15, 0.2) is 5.79 Å². The number of hydrogen-bond donors (Lipinski definition) is 1. The van der Waals surface area contributed by atoms with Gasteiger partial charge in [-0.15, -0.1) is 0 Å². The van der Waals surface area contributed by atoms with Crippen LogP contribution in [0.25, 0.3) is 0 Å². The minimum Gasteiger partial charge on any atom is -0.390 e. The first-order chi connectivity index (χ1) is 12.1.